The summed E-state index contributed by atoms with van der Waals surface area (Å²) in [6.45, 7) is 5.84. The molecule has 3 rings (SSSR count). The summed E-state index contributed by atoms with van der Waals surface area (Å²) in [5.41, 5.74) is 0.407. The van der Waals surface area contributed by atoms with Gasteiger partial charge in [-0.3, -0.25) is 0 Å². The number of nitrogens with zero attached hydrogens (tertiary/aromatic N) is 4. The van der Waals surface area contributed by atoms with E-state index in [-0.39, 0.29) is 13.1 Å². The zero-order valence-electron chi connectivity index (χ0n) is 17.8. The number of ether oxygens (including phenoxy) is 1. The van der Waals surface area contributed by atoms with E-state index in [1.54, 1.807) is 45.0 Å². The minimum atomic E-state index is -4.39. The molecule has 1 aromatic heterocycles. The van der Waals surface area contributed by atoms with Crippen LogP contribution in [0.1, 0.15) is 26.3 Å². The minimum Gasteiger partial charge on any atom is -0.444 e. The molecule has 11 heteroatoms. The molecule has 0 saturated carbocycles. The average Bonchev–Trinajstić information content (AvgIpc) is 3.15. The fourth-order valence-electron chi connectivity index (χ4n) is 2.70. The lowest BCUT2D eigenvalue weighted by atomic mass is 10.1. The number of halogens is 3. The van der Waals surface area contributed by atoms with Gasteiger partial charge in [0.2, 0.25) is 5.82 Å². The van der Waals surface area contributed by atoms with E-state index in [9.17, 15) is 18.0 Å². The molecule has 32 heavy (non-hydrogen) atoms. The first-order chi connectivity index (χ1) is 15.0. The van der Waals surface area contributed by atoms with Crippen LogP contribution in [0.25, 0.3) is 11.4 Å². The standard InChI is InChI=1S/C21H23F3N6O2/c1-20(2,3)32-19(31)25-12-13-30-28-18(27-29-30)16-6-4-5-7-17(16)26-15-10-8-14(9-11-15)21(22,23)24/h4-11,26H,12-13H2,1-3H3,(H,25,31). The number of hydrogen-bond donors (Lipinski definition) is 2. The summed E-state index contributed by atoms with van der Waals surface area (Å²) in [4.78, 5) is 13.0. The summed E-state index contributed by atoms with van der Waals surface area (Å²) in [5.74, 6) is 0.331. The highest BCUT2D eigenvalue weighted by molar-refractivity contribution is 5.77. The molecular weight excluding hydrogens is 425 g/mol. The zero-order valence-corrected chi connectivity index (χ0v) is 17.8. The summed E-state index contributed by atoms with van der Waals surface area (Å²) in [6.07, 6.45) is -4.93. The molecule has 0 fully saturated rings. The van der Waals surface area contributed by atoms with Gasteiger partial charge >= 0.3 is 12.3 Å². The number of nitrogens with one attached hydrogen (secondary N) is 2. The van der Waals surface area contributed by atoms with Crippen LogP contribution in [0.4, 0.5) is 29.3 Å². The average molecular weight is 448 g/mol. The first-order valence-corrected chi connectivity index (χ1v) is 9.80. The van der Waals surface area contributed by atoms with Gasteiger partial charge < -0.3 is 15.4 Å². The number of rotatable bonds is 6. The lowest BCUT2D eigenvalue weighted by molar-refractivity contribution is -0.137. The van der Waals surface area contributed by atoms with E-state index in [0.717, 1.165) is 12.1 Å². The predicted molar refractivity (Wildman–Crippen MR) is 112 cm³/mol. The fourth-order valence-corrected chi connectivity index (χ4v) is 2.70. The molecule has 0 spiro atoms. The summed E-state index contributed by atoms with van der Waals surface area (Å²) in [6, 6.07) is 11.8. The van der Waals surface area contributed by atoms with Crippen molar-refractivity contribution < 1.29 is 22.7 Å². The molecule has 1 heterocycles. The Kier molecular flexibility index (Phi) is 6.66. The van der Waals surface area contributed by atoms with E-state index in [0.29, 0.717) is 22.8 Å². The van der Waals surface area contributed by atoms with Gasteiger partial charge in [0.25, 0.3) is 0 Å². The van der Waals surface area contributed by atoms with Gasteiger partial charge in [-0.2, -0.15) is 18.0 Å². The van der Waals surface area contributed by atoms with Crippen molar-refractivity contribution in [3.05, 3.63) is 54.1 Å². The van der Waals surface area contributed by atoms with Gasteiger partial charge in [0.05, 0.1) is 12.1 Å². The van der Waals surface area contributed by atoms with Crippen molar-refractivity contribution in [3.63, 3.8) is 0 Å². The monoisotopic (exact) mass is 448 g/mol. The quantitative estimate of drug-likeness (QED) is 0.571. The Hall–Kier alpha value is -3.63. The van der Waals surface area contributed by atoms with Crippen molar-refractivity contribution in [2.75, 3.05) is 11.9 Å². The van der Waals surface area contributed by atoms with Crippen LogP contribution in [-0.4, -0.2) is 38.4 Å². The first-order valence-electron chi connectivity index (χ1n) is 9.80. The molecule has 2 N–H and O–H groups in total. The van der Waals surface area contributed by atoms with E-state index in [1.807, 2.05) is 0 Å². The highest BCUT2D eigenvalue weighted by Crippen LogP contribution is 2.32. The normalized spacial score (nSPS) is 11.8. The number of carbonyl (C=O) groups is 1. The van der Waals surface area contributed by atoms with E-state index in [4.69, 9.17) is 4.74 Å². The molecule has 8 nitrogen and oxygen atoms in total. The van der Waals surface area contributed by atoms with Gasteiger partial charge in [0, 0.05) is 23.5 Å². The maximum atomic E-state index is 12.8. The Labute approximate surface area is 182 Å². The van der Waals surface area contributed by atoms with Gasteiger partial charge in [0.1, 0.15) is 5.60 Å². The van der Waals surface area contributed by atoms with Crippen molar-refractivity contribution in [3.8, 4) is 11.4 Å². The maximum Gasteiger partial charge on any atom is 0.416 e. The van der Waals surface area contributed by atoms with Crippen molar-refractivity contribution >= 4 is 17.5 Å². The summed E-state index contributed by atoms with van der Waals surface area (Å²) in [5, 5.41) is 18.0. The SMILES string of the molecule is CC(C)(C)OC(=O)NCCn1nnc(-c2ccccc2Nc2ccc(C(F)(F)F)cc2)n1. The van der Waals surface area contributed by atoms with Gasteiger partial charge in [-0.05, 0) is 62.4 Å². The van der Waals surface area contributed by atoms with Gasteiger partial charge in [-0.15, -0.1) is 10.2 Å². The van der Waals surface area contributed by atoms with Crippen molar-refractivity contribution in [2.45, 2.75) is 39.1 Å². The van der Waals surface area contributed by atoms with Crippen LogP contribution in [0.5, 0.6) is 0 Å². The minimum absolute atomic E-state index is 0.246. The second-order valence-electron chi connectivity index (χ2n) is 7.88. The predicted octanol–water partition coefficient (Wildman–Crippen LogP) is 4.63. The topological polar surface area (TPSA) is 94.0 Å². The number of para-hydroxylation sites is 1. The largest absolute Gasteiger partial charge is 0.444 e. The van der Waals surface area contributed by atoms with Crippen molar-refractivity contribution in [2.24, 2.45) is 0 Å². The van der Waals surface area contributed by atoms with Crippen LogP contribution in [0, 0.1) is 0 Å². The smallest absolute Gasteiger partial charge is 0.416 e. The molecule has 0 aliphatic rings. The molecular formula is C21H23F3N6O2. The molecule has 2 aromatic carbocycles. The Bertz CT molecular complexity index is 1060. The van der Waals surface area contributed by atoms with Crippen LogP contribution >= 0.6 is 0 Å². The second kappa shape index (κ2) is 9.25. The number of alkyl carbamates (subject to hydrolysis) is 1. The van der Waals surface area contributed by atoms with Gasteiger partial charge in [-0.25, -0.2) is 4.79 Å². The van der Waals surface area contributed by atoms with Crippen LogP contribution in [-0.2, 0) is 17.5 Å². The third-order valence-electron chi connectivity index (χ3n) is 4.09. The van der Waals surface area contributed by atoms with Crippen LogP contribution < -0.4 is 10.6 Å². The number of hydrogen-bond acceptors (Lipinski definition) is 6. The third-order valence-corrected chi connectivity index (χ3v) is 4.09. The lowest BCUT2D eigenvalue weighted by Crippen LogP contribution is -2.34. The molecule has 170 valence electrons. The maximum absolute atomic E-state index is 12.8. The summed E-state index contributed by atoms with van der Waals surface area (Å²) in [7, 11) is 0. The Balaban J connectivity index is 1.66. The van der Waals surface area contributed by atoms with Crippen LogP contribution in [0.3, 0.4) is 0 Å². The third kappa shape index (κ3) is 6.43. The van der Waals surface area contributed by atoms with E-state index >= 15 is 0 Å². The number of alkyl halides is 3. The van der Waals surface area contributed by atoms with Crippen LogP contribution in [0.2, 0.25) is 0 Å². The molecule has 0 aliphatic heterocycles. The Morgan fingerprint density at radius 2 is 1.75 bits per heavy atom. The van der Waals surface area contributed by atoms with Crippen molar-refractivity contribution in [1.29, 1.82) is 0 Å². The van der Waals surface area contributed by atoms with Gasteiger partial charge in [-0.1, -0.05) is 12.1 Å². The number of benzene rings is 2. The highest BCUT2D eigenvalue weighted by Gasteiger charge is 2.30. The Morgan fingerprint density at radius 1 is 1.06 bits per heavy atom. The number of aromatic nitrogens is 4. The number of tetrazole rings is 1. The molecule has 0 bridgehead atoms. The summed E-state index contributed by atoms with van der Waals surface area (Å²) < 4.78 is 43.5. The number of carbonyl (C=O) groups excluding carboxylic acids is 1. The van der Waals surface area contributed by atoms with Gasteiger partial charge in [0.15, 0.2) is 0 Å². The van der Waals surface area contributed by atoms with E-state index < -0.39 is 23.4 Å². The molecule has 3 aromatic rings. The van der Waals surface area contributed by atoms with E-state index in [2.05, 4.69) is 26.0 Å². The van der Waals surface area contributed by atoms with Crippen LogP contribution in [0.15, 0.2) is 48.5 Å². The molecule has 1 amide bonds. The second-order valence-corrected chi connectivity index (χ2v) is 7.88. The number of anilines is 2. The summed E-state index contributed by atoms with van der Waals surface area (Å²) >= 11 is 0. The first kappa shape index (κ1) is 23.0. The highest BCUT2D eigenvalue weighted by atomic mass is 19.4. The molecule has 0 radical (unpaired) electrons. The molecule has 0 aliphatic carbocycles. The molecule has 0 saturated heterocycles. The lowest BCUT2D eigenvalue weighted by Gasteiger charge is -2.19. The zero-order chi connectivity index (χ0) is 23.4. The molecule has 0 unspecified atom stereocenters. The Morgan fingerprint density at radius 3 is 2.41 bits per heavy atom. The van der Waals surface area contributed by atoms with Crippen molar-refractivity contribution in [1.82, 2.24) is 25.5 Å². The number of amides is 1. The van der Waals surface area contributed by atoms with E-state index in [1.165, 1.54) is 16.9 Å². The molecule has 0 atom stereocenters. The fraction of sp³-hybridized carbons (Fsp3) is 0.333.